The maximum absolute atomic E-state index is 12.7. The first-order chi connectivity index (χ1) is 11.3. The summed E-state index contributed by atoms with van der Waals surface area (Å²) in [7, 11) is 0. The van der Waals surface area contributed by atoms with Crippen molar-refractivity contribution in [3.63, 3.8) is 0 Å². The van der Waals surface area contributed by atoms with Crippen molar-refractivity contribution in [3.8, 4) is 0 Å². The van der Waals surface area contributed by atoms with Gasteiger partial charge in [-0.2, -0.15) is 13.2 Å². The number of thiocarbonyl (C=S) groups is 1. The maximum Gasteiger partial charge on any atom is 0.416 e. The van der Waals surface area contributed by atoms with Crippen molar-refractivity contribution in [2.24, 2.45) is 0 Å². The van der Waals surface area contributed by atoms with Gasteiger partial charge in [0.1, 0.15) is 0 Å². The number of aryl methyl sites for hydroxylation is 1. The summed E-state index contributed by atoms with van der Waals surface area (Å²) < 4.78 is 38.2. The average molecular weight is 352 g/mol. The zero-order chi connectivity index (χ0) is 17.7. The summed E-state index contributed by atoms with van der Waals surface area (Å²) in [6.45, 7) is 4.03. The summed E-state index contributed by atoms with van der Waals surface area (Å²) in [4.78, 5) is 0. The van der Waals surface area contributed by atoms with Crippen LogP contribution in [0.2, 0.25) is 0 Å². The molecule has 24 heavy (non-hydrogen) atoms. The molecular weight excluding hydrogens is 333 g/mol. The highest BCUT2D eigenvalue weighted by Crippen LogP contribution is 2.30. The van der Waals surface area contributed by atoms with Crippen LogP contribution in [0, 0.1) is 6.92 Å². The van der Waals surface area contributed by atoms with Gasteiger partial charge in [-0.3, -0.25) is 0 Å². The molecular formula is C18H19F3N2S. The Hall–Kier alpha value is -2.08. The standard InChI is InChI=1S/C18H19F3N2S/c1-3-16(13-9-7-12(2)8-10-13)23-17(24)22-15-6-4-5-14(11-15)18(19,20)21/h4-11,16H,3H2,1-2H3,(H2,22,23,24)/t16-/m1/s1. The van der Waals surface area contributed by atoms with Crippen molar-refractivity contribution >= 4 is 23.0 Å². The van der Waals surface area contributed by atoms with Gasteiger partial charge in [0.25, 0.3) is 0 Å². The highest BCUT2D eigenvalue weighted by atomic mass is 32.1. The third kappa shape index (κ3) is 4.96. The Labute approximate surface area is 145 Å². The van der Waals surface area contributed by atoms with E-state index in [1.54, 1.807) is 6.07 Å². The molecule has 6 heteroatoms. The van der Waals surface area contributed by atoms with Crippen LogP contribution in [-0.4, -0.2) is 5.11 Å². The molecule has 2 aromatic carbocycles. The number of benzene rings is 2. The molecule has 128 valence electrons. The average Bonchev–Trinajstić information content (AvgIpc) is 2.53. The van der Waals surface area contributed by atoms with E-state index in [1.165, 1.54) is 11.6 Å². The van der Waals surface area contributed by atoms with Crippen molar-refractivity contribution in [1.82, 2.24) is 5.32 Å². The molecule has 0 amide bonds. The van der Waals surface area contributed by atoms with Crippen LogP contribution in [0.4, 0.5) is 18.9 Å². The number of alkyl halides is 3. The molecule has 2 rings (SSSR count). The number of halogens is 3. The van der Waals surface area contributed by atoms with Crippen molar-refractivity contribution in [2.75, 3.05) is 5.32 Å². The van der Waals surface area contributed by atoms with Crippen LogP contribution in [0.3, 0.4) is 0 Å². The molecule has 1 atom stereocenters. The van der Waals surface area contributed by atoms with Crippen LogP contribution < -0.4 is 10.6 Å². The van der Waals surface area contributed by atoms with Crippen molar-refractivity contribution in [1.29, 1.82) is 0 Å². The van der Waals surface area contributed by atoms with Crippen molar-refractivity contribution in [3.05, 3.63) is 65.2 Å². The second-order valence-electron chi connectivity index (χ2n) is 5.55. The lowest BCUT2D eigenvalue weighted by Crippen LogP contribution is -2.32. The van der Waals surface area contributed by atoms with Gasteiger partial charge in [-0.15, -0.1) is 0 Å². The molecule has 0 saturated carbocycles. The summed E-state index contributed by atoms with van der Waals surface area (Å²) >= 11 is 5.24. The third-order valence-corrected chi connectivity index (χ3v) is 3.86. The minimum Gasteiger partial charge on any atom is -0.356 e. The van der Waals surface area contributed by atoms with Crippen molar-refractivity contribution in [2.45, 2.75) is 32.5 Å². The Kier molecular flexibility index (Phi) is 5.83. The molecule has 0 fully saturated rings. The first-order valence-electron chi connectivity index (χ1n) is 7.61. The topological polar surface area (TPSA) is 24.1 Å². The van der Waals surface area contributed by atoms with E-state index in [2.05, 4.69) is 10.6 Å². The molecule has 2 aromatic rings. The molecule has 0 aliphatic heterocycles. The minimum absolute atomic E-state index is 0.00333. The smallest absolute Gasteiger partial charge is 0.356 e. The van der Waals surface area contributed by atoms with Gasteiger partial charge in [0.15, 0.2) is 5.11 Å². The van der Waals surface area contributed by atoms with Crippen LogP contribution in [0.1, 0.15) is 36.1 Å². The summed E-state index contributed by atoms with van der Waals surface area (Å²) in [6, 6.07) is 13.0. The fourth-order valence-electron chi connectivity index (χ4n) is 2.32. The zero-order valence-electron chi connectivity index (χ0n) is 13.4. The van der Waals surface area contributed by atoms with E-state index in [0.717, 1.165) is 24.1 Å². The predicted octanol–water partition coefficient (Wildman–Crippen LogP) is 5.45. The molecule has 0 saturated heterocycles. The van der Waals surface area contributed by atoms with Crippen LogP contribution in [0.5, 0.6) is 0 Å². The maximum atomic E-state index is 12.7. The minimum atomic E-state index is -4.37. The molecule has 0 heterocycles. The van der Waals surface area contributed by atoms with E-state index in [1.807, 2.05) is 38.1 Å². The Bertz CT molecular complexity index is 696. The molecule has 0 unspecified atom stereocenters. The zero-order valence-corrected chi connectivity index (χ0v) is 14.3. The van der Waals surface area contributed by atoms with Gasteiger partial charge in [0.05, 0.1) is 11.6 Å². The summed E-state index contributed by atoms with van der Waals surface area (Å²) in [5.41, 5.74) is 1.84. The third-order valence-electron chi connectivity index (χ3n) is 3.64. The fraction of sp³-hybridized carbons (Fsp3) is 0.278. The lowest BCUT2D eigenvalue weighted by atomic mass is 10.0. The van der Waals surface area contributed by atoms with Crippen LogP contribution in [0.15, 0.2) is 48.5 Å². The van der Waals surface area contributed by atoms with E-state index in [4.69, 9.17) is 12.2 Å². The number of rotatable bonds is 4. The number of hydrogen-bond donors (Lipinski definition) is 2. The normalized spacial score (nSPS) is 12.5. The van der Waals surface area contributed by atoms with Gasteiger partial charge < -0.3 is 10.6 Å². The van der Waals surface area contributed by atoms with E-state index in [-0.39, 0.29) is 6.04 Å². The summed E-state index contributed by atoms with van der Waals surface area (Å²) in [5.74, 6) is 0. The lowest BCUT2D eigenvalue weighted by molar-refractivity contribution is -0.137. The molecule has 2 N–H and O–H groups in total. The monoisotopic (exact) mass is 352 g/mol. The summed E-state index contributed by atoms with van der Waals surface area (Å²) in [5, 5.41) is 6.26. The number of hydrogen-bond acceptors (Lipinski definition) is 1. The van der Waals surface area contributed by atoms with E-state index in [9.17, 15) is 13.2 Å². The van der Waals surface area contributed by atoms with Crippen LogP contribution in [-0.2, 0) is 6.18 Å². The van der Waals surface area contributed by atoms with Crippen LogP contribution >= 0.6 is 12.2 Å². The molecule has 0 aliphatic rings. The van der Waals surface area contributed by atoms with Crippen molar-refractivity contribution < 1.29 is 13.2 Å². The Morgan fingerprint density at radius 2 is 1.79 bits per heavy atom. The Morgan fingerprint density at radius 1 is 1.12 bits per heavy atom. The Morgan fingerprint density at radius 3 is 2.38 bits per heavy atom. The highest BCUT2D eigenvalue weighted by Gasteiger charge is 2.30. The molecule has 0 radical (unpaired) electrons. The van der Waals surface area contributed by atoms with Gasteiger partial charge in [-0.25, -0.2) is 0 Å². The van der Waals surface area contributed by atoms with Crippen LogP contribution in [0.25, 0.3) is 0 Å². The van der Waals surface area contributed by atoms with Gasteiger partial charge in [0.2, 0.25) is 0 Å². The fourth-order valence-corrected chi connectivity index (χ4v) is 2.58. The second-order valence-corrected chi connectivity index (χ2v) is 5.96. The van der Waals surface area contributed by atoms with E-state index >= 15 is 0 Å². The van der Waals surface area contributed by atoms with Gasteiger partial charge in [-0.05, 0) is 49.3 Å². The first-order valence-corrected chi connectivity index (χ1v) is 8.01. The largest absolute Gasteiger partial charge is 0.416 e. The van der Waals surface area contributed by atoms with E-state index in [0.29, 0.717) is 10.8 Å². The SMILES string of the molecule is CC[C@@H](NC(=S)Nc1cccc(C(F)(F)F)c1)c1ccc(C)cc1. The molecule has 0 bridgehead atoms. The molecule has 0 aromatic heterocycles. The predicted molar refractivity (Wildman–Crippen MR) is 95.0 cm³/mol. The van der Waals surface area contributed by atoms with Gasteiger partial charge >= 0.3 is 6.18 Å². The highest BCUT2D eigenvalue weighted by molar-refractivity contribution is 7.80. The molecule has 0 spiro atoms. The van der Waals surface area contributed by atoms with Gasteiger partial charge in [0, 0.05) is 5.69 Å². The summed E-state index contributed by atoms with van der Waals surface area (Å²) in [6.07, 6.45) is -3.58. The van der Waals surface area contributed by atoms with E-state index < -0.39 is 11.7 Å². The molecule has 2 nitrogen and oxygen atoms in total. The molecule has 0 aliphatic carbocycles. The lowest BCUT2D eigenvalue weighted by Gasteiger charge is -2.20. The van der Waals surface area contributed by atoms with Gasteiger partial charge in [-0.1, -0.05) is 42.8 Å². The second kappa shape index (κ2) is 7.66. The number of anilines is 1. The first kappa shape index (κ1) is 18.3. The Balaban J connectivity index is 2.05. The number of nitrogens with one attached hydrogen (secondary N) is 2. The quantitative estimate of drug-likeness (QED) is 0.715.